The number of rotatable bonds is 4. The fraction of sp³-hybridized carbons (Fsp3) is 0.526. The predicted octanol–water partition coefficient (Wildman–Crippen LogP) is 2.75. The van der Waals surface area contributed by atoms with E-state index in [1.807, 2.05) is 12.3 Å². The topological polar surface area (TPSA) is 24.3 Å². The van der Waals surface area contributed by atoms with Crippen LogP contribution in [0.2, 0.25) is 0 Å². The number of benzene rings is 1. The van der Waals surface area contributed by atoms with Crippen LogP contribution in [-0.2, 0) is 19.6 Å². The van der Waals surface area contributed by atoms with Gasteiger partial charge in [-0.25, -0.2) is 9.37 Å². The van der Waals surface area contributed by atoms with Crippen molar-refractivity contribution in [3.63, 3.8) is 0 Å². The second-order valence-electron chi connectivity index (χ2n) is 7.17. The fourth-order valence-electron chi connectivity index (χ4n) is 4.08. The van der Waals surface area contributed by atoms with Crippen molar-refractivity contribution in [1.29, 1.82) is 0 Å². The Kier molecular flexibility index (Phi) is 4.63. The lowest BCUT2D eigenvalue weighted by atomic mass is 10.1. The molecular formula is C19H25FN4. The molecule has 0 amide bonds. The Balaban J connectivity index is 1.50. The van der Waals surface area contributed by atoms with Crippen LogP contribution >= 0.6 is 0 Å². The summed E-state index contributed by atoms with van der Waals surface area (Å²) in [7, 11) is 0. The maximum atomic E-state index is 13.5. The second-order valence-corrected chi connectivity index (χ2v) is 7.17. The molecule has 0 N–H and O–H groups in total. The Labute approximate surface area is 142 Å². The van der Waals surface area contributed by atoms with Crippen LogP contribution in [-0.4, -0.2) is 45.5 Å². The number of fused-ring (bicyclic) bond motifs is 1. The minimum atomic E-state index is -0.155. The van der Waals surface area contributed by atoms with E-state index in [4.69, 9.17) is 0 Å². The monoisotopic (exact) mass is 328 g/mol. The molecule has 1 aromatic carbocycles. The van der Waals surface area contributed by atoms with E-state index in [9.17, 15) is 4.39 Å². The van der Waals surface area contributed by atoms with E-state index in [1.165, 1.54) is 32.0 Å². The summed E-state index contributed by atoms with van der Waals surface area (Å²) < 4.78 is 15.8. The third-order valence-corrected chi connectivity index (χ3v) is 5.15. The zero-order valence-corrected chi connectivity index (χ0v) is 14.1. The molecule has 4 rings (SSSR count). The number of imidazole rings is 1. The van der Waals surface area contributed by atoms with Crippen LogP contribution in [0.5, 0.6) is 0 Å². The number of aromatic nitrogens is 2. The van der Waals surface area contributed by atoms with Crippen LogP contribution in [0.4, 0.5) is 4.39 Å². The van der Waals surface area contributed by atoms with Crippen molar-refractivity contribution in [2.24, 2.45) is 5.92 Å². The van der Waals surface area contributed by atoms with Gasteiger partial charge in [0.15, 0.2) is 0 Å². The molecule has 1 fully saturated rings. The van der Waals surface area contributed by atoms with Gasteiger partial charge in [0.25, 0.3) is 0 Å². The van der Waals surface area contributed by atoms with Crippen molar-refractivity contribution in [3.05, 3.63) is 53.9 Å². The Morgan fingerprint density at radius 3 is 2.83 bits per heavy atom. The number of nitrogens with zero attached hydrogens (tertiary/aromatic N) is 4. The van der Waals surface area contributed by atoms with E-state index in [-0.39, 0.29) is 5.82 Å². The Hall–Kier alpha value is -1.72. The van der Waals surface area contributed by atoms with Gasteiger partial charge in [0, 0.05) is 44.5 Å². The van der Waals surface area contributed by atoms with E-state index in [1.54, 1.807) is 12.1 Å². The molecule has 3 heterocycles. The van der Waals surface area contributed by atoms with Crippen molar-refractivity contribution in [1.82, 2.24) is 19.4 Å². The number of hydrogen-bond acceptors (Lipinski definition) is 3. The molecule has 0 bridgehead atoms. The highest BCUT2D eigenvalue weighted by molar-refractivity contribution is 5.16. The lowest BCUT2D eigenvalue weighted by Gasteiger charge is -2.27. The van der Waals surface area contributed by atoms with Gasteiger partial charge in [0.1, 0.15) is 11.6 Å². The minimum Gasteiger partial charge on any atom is -0.333 e. The molecule has 24 heavy (non-hydrogen) atoms. The summed E-state index contributed by atoms with van der Waals surface area (Å²) >= 11 is 0. The first kappa shape index (κ1) is 15.8. The number of halogens is 1. The van der Waals surface area contributed by atoms with Gasteiger partial charge < -0.3 is 9.47 Å². The number of likely N-dealkylation sites (tertiary alicyclic amines) is 1. The average molecular weight is 328 g/mol. The SMILES string of the molecule is Fc1cccc(CN2Cc3nccn3C[C@H](CN3CCCC3)C2)c1. The lowest BCUT2D eigenvalue weighted by molar-refractivity contribution is 0.182. The molecular weight excluding hydrogens is 303 g/mol. The van der Waals surface area contributed by atoms with Crippen LogP contribution in [0.1, 0.15) is 24.2 Å². The molecule has 128 valence electrons. The first-order valence-electron chi connectivity index (χ1n) is 8.95. The first-order chi connectivity index (χ1) is 11.8. The largest absolute Gasteiger partial charge is 0.333 e. The summed E-state index contributed by atoms with van der Waals surface area (Å²) in [6.07, 6.45) is 6.65. The molecule has 5 heteroatoms. The van der Waals surface area contributed by atoms with Crippen LogP contribution in [0.15, 0.2) is 36.7 Å². The summed E-state index contributed by atoms with van der Waals surface area (Å²) in [6.45, 7) is 7.30. The molecule has 0 spiro atoms. The average Bonchev–Trinajstić information content (AvgIpc) is 3.17. The van der Waals surface area contributed by atoms with Gasteiger partial charge in [0.2, 0.25) is 0 Å². The highest BCUT2D eigenvalue weighted by Gasteiger charge is 2.25. The molecule has 0 unspecified atom stereocenters. The summed E-state index contributed by atoms with van der Waals surface area (Å²) in [5.74, 6) is 1.56. The molecule has 0 saturated carbocycles. The molecule has 4 nitrogen and oxygen atoms in total. The van der Waals surface area contributed by atoms with Crippen LogP contribution in [0.25, 0.3) is 0 Å². The van der Waals surface area contributed by atoms with E-state index < -0.39 is 0 Å². The van der Waals surface area contributed by atoms with Crippen LogP contribution in [0.3, 0.4) is 0 Å². The maximum Gasteiger partial charge on any atom is 0.123 e. The van der Waals surface area contributed by atoms with Crippen molar-refractivity contribution >= 4 is 0 Å². The standard InChI is InChI=1S/C19H25FN4/c20-18-5-3-4-16(10-18)11-23-13-17(12-22-7-1-2-8-22)14-24-9-6-21-19(24)15-23/h3-6,9-10,17H,1-2,7-8,11-15H2/t17-/m1/s1. The molecule has 2 aliphatic rings. The van der Waals surface area contributed by atoms with Crippen LogP contribution < -0.4 is 0 Å². The van der Waals surface area contributed by atoms with Gasteiger partial charge in [0.05, 0.1) is 6.54 Å². The van der Waals surface area contributed by atoms with Crippen molar-refractivity contribution in [3.8, 4) is 0 Å². The second kappa shape index (κ2) is 7.03. The predicted molar refractivity (Wildman–Crippen MR) is 91.9 cm³/mol. The molecule has 2 aromatic rings. The third kappa shape index (κ3) is 3.68. The molecule has 0 aliphatic carbocycles. The van der Waals surface area contributed by atoms with Gasteiger partial charge in [-0.3, -0.25) is 4.90 Å². The Bertz CT molecular complexity index is 678. The van der Waals surface area contributed by atoms with Gasteiger partial charge in [-0.1, -0.05) is 12.1 Å². The zero-order chi connectivity index (χ0) is 16.4. The van der Waals surface area contributed by atoms with Gasteiger partial charge in [-0.15, -0.1) is 0 Å². The van der Waals surface area contributed by atoms with Crippen LogP contribution in [0, 0.1) is 11.7 Å². The van der Waals surface area contributed by atoms with E-state index in [0.717, 1.165) is 44.1 Å². The highest BCUT2D eigenvalue weighted by atomic mass is 19.1. The quantitative estimate of drug-likeness (QED) is 0.862. The Morgan fingerprint density at radius 1 is 1.12 bits per heavy atom. The normalized spacial score (nSPS) is 22.5. The summed E-state index contributed by atoms with van der Waals surface area (Å²) in [5, 5.41) is 0. The van der Waals surface area contributed by atoms with Gasteiger partial charge in [-0.2, -0.15) is 0 Å². The summed E-state index contributed by atoms with van der Waals surface area (Å²) in [6, 6.07) is 6.96. The summed E-state index contributed by atoms with van der Waals surface area (Å²) in [5.41, 5.74) is 1.04. The first-order valence-corrected chi connectivity index (χ1v) is 8.95. The smallest absolute Gasteiger partial charge is 0.123 e. The van der Waals surface area contributed by atoms with E-state index in [0.29, 0.717) is 5.92 Å². The number of hydrogen-bond donors (Lipinski definition) is 0. The van der Waals surface area contributed by atoms with Crippen molar-refractivity contribution in [2.45, 2.75) is 32.5 Å². The van der Waals surface area contributed by atoms with Gasteiger partial charge >= 0.3 is 0 Å². The van der Waals surface area contributed by atoms with Crippen molar-refractivity contribution in [2.75, 3.05) is 26.2 Å². The zero-order valence-electron chi connectivity index (χ0n) is 14.1. The van der Waals surface area contributed by atoms with Crippen molar-refractivity contribution < 1.29 is 4.39 Å². The lowest BCUT2D eigenvalue weighted by Crippen LogP contribution is -2.35. The van der Waals surface area contributed by atoms with Gasteiger partial charge in [-0.05, 0) is 43.6 Å². The molecule has 1 aromatic heterocycles. The molecule has 1 saturated heterocycles. The molecule has 1 atom stereocenters. The maximum absolute atomic E-state index is 13.5. The Morgan fingerprint density at radius 2 is 2.00 bits per heavy atom. The molecule has 2 aliphatic heterocycles. The fourth-order valence-corrected chi connectivity index (χ4v) is 4.08. The highest BCUT2D eigenvalue weighted by Crippen LogP contribution is 2.20. The minimum absolute atomic E-state index is 0.155. The summed E-state index contributed by atoms with van der Waals surface area (Å²) in [4.78, 5) is 9.53. The molecule has 0 radical (unpaired) electrons. The van der Waals surface area contributed by atoms with E-state index >= 15 is 0 Å². The van der Waals surface area contributed by atoms with E-state index in [2.05, 4.69) is 25.5 Å². The third-order valence-electron chi connectivity index (χ3n) is 5.15.